The molecule has 0 spiro atoms. The number of carbonyl (C=O) groups is 1. The molecular formula is C23H23FN2O5S. The largest absolute Gasteiger partial charge is 0.495 e. The summed E-state index contributed by atoms with van der Waals surface area (Å²) in [6.45, 7) is 1.62. The lowest BCUT2D eigenvalue weighted by Gasteiger charge is -2.23. The molecule has 0 bridgehead atoms. The van der Waals surface area contributed by atoms with Gasteiger partial charge in [0.25, 0.3) is 15.9 Å². The number of benzene rings is 3. The zero-order valence-electron chi connectivity index (χ0n) is 17.6. The first-order valence-electron chi connectivity index (χ1n) is 9.79. The summed E-state index contributed by atoms with van der Waals surface area (Å²) in [4.78, 5) is 12.4. The van der Waals surface area contributed by atoms with Crippen LogP contribution in [0.1, 0.15) is 6.92 Å². The predicted octanol–water partition coefficient (Wildman–Crippen LogP) is 4.07. The number of halogens is 1. The van der Waals surface area contributed by atoms with E-state index in [0.29, 0.717) is 17.2 Å². The van der Waals surface area contributed by atoms with Gasteiger partial charge in [0.05, 0.1) is 23.4 Å². The van der Waals surface area contributed by atoms with E-state index in [1.54, 1.807) is 37.3 Å². The van der Waals surface area contributed by atoms with Gasteiger partial charge in [0.2, 0.25) is 0 Å². The Morgan fingerprint density at radius 2 is 1.72 bits per heavy atom. The zero-order chi connectivity index (χ0) is 23.1. The van der Waals surface area contributed by atoms with Crippen molar-refractivity contribution in [3.8, 4) is 11.5 Å². The van der Waals surface area contributed by atoms with Crippen molar-refractivity contribution in [1.82, 2.24) is 0 Å². The summed E-state index contributed by atoms with van der Waals surface area (Å²) in [5.74, 6) is -0.327. The quantitative estimate of drug-likeness (QED) is 0.523. The van der Waals surface area contributed by atoms with Gasteiger partial charge in [-0.2, -0.15) is 0 Å². The Bertz CT molecular complexity index is 1170. The van der Waals surface area contributed by atoms with E-state index < -0.39 is 21.7 Å². The lowest BCUT2D eigenvalue weighted by molar-refractivity contribution is -0.118. The molecule has 0 saturated carbocycles. The van der Waals surface area contributed by atoms with Crippen molar-refractivity contribution in [3.63, 3.8) is 0 Å². The standard InChI is InChI=1S/C23H23FN2O5S/c1-3-26(18-7-5-4-6-8-18)32(28,29)20-13-14-22(30-2)21(15-20)25-23(27)16-31-19-11-9-17(24)10-12-19/h4-15H,3,16H2,1-2H3,(H,25,27). The summed E-state index contributed by atoms with van der Waals surface area (Å²) in [6.07, 6.45) is 0. The normalized spacial score (nSPS) is 11.0. The van der Waals surface area contributed by atoms with Gasteiger partial charge in [-0.05, 0) is 61.5 Å². The average Bonchev–Trinajstić information content (AvgIpc) is 2.79. The molecule has 3 aromatic carbocycles. The van der Waals surface area contributed by atoms with E-state index in [2.05, 4.69) is 5.32 Å². The molecule has 1 amide bonds. The third-order valence-electron chi connectivity index (χ3n) is 4.55. The monoisotopic (exact) mass is 458 g/mol. The molecule has 0 fully saturated rings. The van der Waals surface area contributed by atoms with Crippen LogP contribution in [0, 0.1) is 5.82 Å². The number of ether oxygens (including phenoxy) is 2. The molecule has 0 aliphatic carbocycles. The van der Waals surface area contributed by atoms with Crippen LogP contribution in [-0.4, -0.2) is 34.6 Å². The van der Waals surface area contributed by atoms with Gasteiger partial charge in [-0.3, -0.25) is 9.10 Å². The number of nitrogens with zero attached hydrogens (tertiary/aromatic N) is 1. The molecule has 0 atom stereocenters. The number of hydrogen-bond acceptors (Lipinski definition) is 5. The fourth-order valence-electron chi connectivity index (χ4n) is 3.02. The molecule has 3 rings (SSSR count). The van der Waals surface area contributed by atoms with Crippen LogP contribution < -0.4 is 19.1 Å². The molecule has 0 aliphatic heterocycles. The average molecular weight is 459 g/mol. The third-order valence-corrected chi connectivity index (χ3v) is 6.45. The SMILES string of the molecule is CCN(c1ccccc1)S(=O)(=O)c1ccc(OC)c(NC(=O)COc2ccc(F)cc2)c1. The number of anilines is 2. The third kappa shape index (κ3) is 5.36. The highest BCUT2D eigenvalue weighted by molar-refractivity contribution is 7.92. The van der Waals surface area contributed by atoms with Gasteiger partial charge in [-0.1, -0.05) is 18.2 Å². The zero-order valence-corrected chi connectivity index (χ0v) is 18.4. The molecule has 32 heavy (non-hydrogen) atoms. The topological polar surface area (TPSA) is 84.9 Å². The molecule has 0 saturated heterocycles. The summed E-state index contributed by atoms with van der Waals surface area (Å²) in [7, 11) is -2.47. The number of nitrogens with one attached hydrogen (secondary N) is 1. The highest BCUT2D eigenvalue weighted by Gasteiger charge is 2.25. The van der Waals surface area contributed by atoms with Crippen LogP contribution >= 0.6 is 0 Å². The number of hydrogen-bond donors (Lipinski definition) is 1. The minimum Gasteiger partial charge on any atom is -0.495 e. The van der Waals surface area contributed by atoms with Crippen molar-refractivity contribution in [3.05, 3.63) is 78.6 Å². The maximum Gasteiger partial charge on any atom is 0.264 e. The molecule has 0 aliphatic rings. The molecule has 9 heteroatoms. The van der Waals surface area contributed by atoms with Gasteiger partial charge in [0.15, 0.2) is 6.61 Å². The lowest BCUT2D eigenvalue weighted by Crippen LogP contribution is -2.30. The minimum atomic E-state index is -3.89. The molecular weight excluding hydrogens is 435 g/mol. The first kappa shape index (κ1) is 23.1. The van der Waals surface area contributed by atoms with Gasteiger partial charge in [-0.25, -0.2) is 12.8 Å². The summed E-state index contributed by atoms with van der Waals surface area (Å²) in [6, 6.07) is 18.2. The van der Waals surface area contributed by atoms with Crippen molar-refractivity contribution in [2.75, 3.05) is 29.9 Å². The smallest absolute Gasteiger partial charge is 0.264 e. The van der Waals surface area contributed by atoms with E-state index in [9.17, 15) is 17.6 Å². The Balaban J connectivity index is 1.81. The Morgan fingerprint density at radius 1 is 1.03 bits per heavy atom. The van der Waals surface area contributed by atoms with Gasteiger partial charge in [0, 0.05) is 6.54 Å². The summed E-state index contributed by atoms with van der Waals surface area (Å²) < 4.78 is 51.4. The van der Waals surface area contributed by atoms with E-state index in [0.717, 1.165) is 0 Å². The van der Waals surface area contributed by atoms with Crippen LogP contribution in [-0.2, 0) is 14.8 Å². The molecule has 0 radical (unpaired) electrons. The van der Waals surface area contributed by atoms with E-state index >= 15 is 0 Å². The maximum atomic E-state index is 13.3. The molecule has 0 aromatic heterocycles. The van der Waals surface area contributed by atoms with Crippen LogP contribution in [0.25, 0.3) is 0 Å². The fraction of sp³-hybridized carbons (Fsp3) is 0.174. The first-order chi connectivity index (χ1) is 15.3. The second kappa shape index (κ2) is 10.1. The van der Waals surface area contributed by atoms with Crippen molar-refractivity contribution >= 4 is 27.3 Å². The Labute approximate surface area is 186 Å². The van der Waals surface area contributed by atoms with E-state index in [-0.39, 0.29) is 23.7 Å². The van der Waals surface area contributed by atoms with Crippen LogP contribution in [0.5, 0.6) is 11.5 Å². The van der Waals surface area contributed by atoms with Gasteiger partial charge >= 0.3 is 0 Å². The molecule has 3 aromatic rings. The molecule has 0 unspecified atom stereocenters. The van der Waals surface area contributed by atoms with E-state index in [1.807, 2.05) is 0 Å². The van der Waals surface area contributed by atoms with Crippen LogP contribution in [0.4, 0.5) is 15.8 Å². The van der Waals surface area contributed by atoms with E-state index in [4.69, 9.17) is 9.47 Å². The fourth-order valence-corrected chi connectivity index (χ4v) is 4.52. The second-order valence-corrected chi connectivity index (χ2v) is 8.52. The Kier molecular flexibility index (Phi) is 7.32. The second-order valence-electron chi connectivity index (χ2n) is 6.66. The number of para-hydroxylation sites is 1. The van der Waals surface area contributed by atoms with Crippen LogP contribution in [0.2, 0.25) is 0 Å². The summed E-state index contributed by atoms with van der Waals surface area (Å²) >= 11 is 0. The van der Waals surface area contributed by atoms with Gasteiger partial charge in [0.1, 0.15) is 17.3 Å². The number of rotatable bonds is 9. The van der Waals surface area contributed by atoms with Gasteiger partial charge in [-0.15, -0.1) is 0 Å². The predicted molar refractivity (Wildman–Crippen MR) is 120 cm³/mol. The Hall–Kier alpha value is -3.59. The number of carbonyl (C=O) groups excluding carboxylic acids is 1. The highest BCUT2D eigenvalue weighted by Crippen LogP contribution is 2.30. The van der Waals surface area contributed by atoms with E-state index in [1.165, 1.54) is 53.9 Å². The van der Waals surface area contributed by atoms with Crippen molar-refractivity contribution in [2.24, 2.45) is 0 Å². The number of methoxy groups -OCH3 is 1. The highest BCUT2D eigenvalue weighted by atomic mass is 32.2. The Morgan fingerprint density at radius 3 is 2.34 bits per heavy atom. The summed E-state index contributed by atoms with van der Waals surface area (Å²) in [5.41, 5.74) is 0.717. The van der Waals surface area contributed by atoms with Crippen molar-refractivity contribution < 1.29 is 27.1 Å². The molecule has 168 valence electrons. The van der Waals surface area contributed by atoms with Crippen LogP contribution in [0.15, 0.2) is 77.7 Å². The summed E-state index contributed by atoms with van der Waals surface area (Å²) in [5, 5.41) is 2.61. The van der Waals surface area contributed by atoms with Crippen molar-refractivity contribution in [2.45, 2.75) is 11.8 Å². The molecule has 0 heterocycles. The molecule has 7 nitrogen and oxygen atoms in total. The number of amides is 1. The lowest BCUT2D eigenvalue weighted by atomic mass is 10.3. The minimum absolute atomic E-state index is 0.00115. The molecule has 1 N–H and O–H groups in total. The first-order valence-corrected chi connectivity index (χ1v) is 11.2. The van der Waals surface area contributed by atoms with Crippen LogP contribution in [0.3, 0.4) is 0 Å². The van der Waals surface area contributed by atoms with Crippen molar-refractivity contribution in [1.29, 1.82) is 0 Å². The maximum absolute atomic E-state index is 13.3. The number of sulfonamides is 1. The van der Waals surface area contributed by atoms with Gasteiger partial charge < -0.3 is 14.8 Å².